The third kappa shape index (κ3) is 3.59. The summed E-state index contributed by atoms with van der Waals surface area (Å²) in [6.45, 7) is 2.98. The van der Waals surface area contributed by atoms with Crippen molar-refractivity contribution in [2.24, 2.45) is 0 Å². The molecule has 26 heavy (non-hydrogen) atoms. The van der Waals surface area contributed by atoms with E-state index < -0.39 is 0 Å². The standard InChI is InChI=1S/C22H23NO3/c1-15-5-7-19(8-6-15)25-10-9-23-22(24)13-18-14-26-21-12-17-4-2-3-16(17)11-20(18)21/h5-8,11-12,14H,2-4,9-10,13H2,1H3,(H,23,24). The van der Waals surface area contributed by atoms with Crippen LogP contribution < -0.4 is 10.1 Å². The number of amides is 1. The van der Waals surface area contributed by atoms with Crippen LogP contribution in [-0.4, -0.2) is 19.1 Å². The van der Waals surface area contributed by atoms with Crippen molar-refractivity contribution in [2.75, 3.05) is 13.2 Å². The monoisotopic (exact) mass is 349 g/mol. The van der Waals surface area contributed by atoms with Crippen LogP contribution in [0.25, 0.3) is 11.0 Å². The van der Waals surface area contributed by atoms with Gasteiger partial charge in [-0.15, -0.1) is 0 Å². The van der Waals surface area contributed by atoms with E-state index in [0.717, 1.165) is 35.1 Å². The molecule has 0 unspecified atom stereocenters. The van der Waals surface area contributed by atoms with Crippen molar-refractivity contribution >= 4 is 16.9 Å². The maximum Gasteiger partial charge on any atom is 0.224 e. The number of hydrogen-bond donors (Lipinski definition) is 1. The van der Waals surface area contributed by atoms with Crippen molar-refractivity contribution in [1.82, 2.24) is 5.32 Å². The zero-order valence-corrected chi connectivity index (χ0v) is 15.0. The molecular weight excluding hydrogens is 326 g/mol. The molecular formula is C22H23NO3. The van der Waals surface area contributed by atoms with Gasteiger partial charge in [0.2, 0.25) is 5.91 Å². The number of rotatable bonds is 6. The molecule has 4 heteroatoms. The molecule has 1 N–H and O–H groups in total. The Bertz CT molecular complexity index is 924. The molecule has 1 aromatic heterocycles. The SMILES string of the molecule is Cc1ccc(OCCNC(=O)Cc2coc3cc4c(cc23)CCC4)cc1. The summed E-state index contributed by atoms with van der Waals surface area (Å²) in [6, 6.07) is 12.2. The molecule has 0 bridgehead atoms. The molecule has 4 rings (SSSR count). The Balaban J connectivity index is 1.31. The van der Waals surface area contributed by atoms with Gasteiger partial charge < -0.3 is 14.5 Å². The Morgan fingerprint density at radius 3 is 2.73 bits per heavy atom. The highest BCUT2D eigenvalue weighted by Crippen LogP contribution is 2.30. The van der Waals surface area contributed by atoms with Gasteiger partial charge in [-0.1, -0.05) is 17.7 Å². The third-order valence-corrected chi connectivity index (χ3v) is 4.93. The maximum absolute atomic E-state index is 12.2. The van der Waals surface area contributed by atoms with Crippen LogP contribution >= 0.6 is 0 Å². The zero-order valence-electron chi connectivity index (χ0n) is 15.0. The van der Waals surface area contributed by atoms with Crippen molar-refractivity contribution in [3.63, 3.8) is 0 Å². The number of fused-ring (bicyclic) bond motifs is 2. The summed E-state index contributed by atoms with van der Waals surface area (Å²) in [5.41, 5.74) is 5.81. The van der Waals surface area contributed by atoms with Gasteiger partial charge in [-0.05, 0) is 61.6 Å². The van der Waals surface area contributed by atoms with Gasteiger partial charge in [-0.25, -0.2) is 0 Å². The van der Waals surface area contributed by atoms with Crippen LogP contribution in [0.2, 0.25) is 0 Å². The van der Waals surface area contributed by atoms with E-state index in [0.29, 0.717) is 19.6 Å². The molecule has 3 aromatic rings. The van der Waals surface area contributed by atoms with E-state index in [1.807, 2.05) is 31.2 Å². The van der Waals surface area contributed by atoms with Crippen molar-refractivity contribution in [1.29, 1.82) is 0 Å². The van der Waals surface area contributed by atoms with Gasteiger partial charge in [-0.2, -0.15) is 0 Å². The van der Waals surface area contributed by atoms with E-state index in [4.69, 9.17) is 9.15 Å². The Morgan fingerprint density at radius 2 is 1.92 bits per heavy atom. The van der Waals surface area contributed by atoms with Crippen LogP contribution in [0.1, 0.15) is 28.7 Å². The summed E-state index contributed by atoms with van der Waals surface area (Å²) in [5, 5.41) is 3.98. The van der Waals surface area contributed by atoms with Crippen LogP contribution in [0.3, 0.4) is 0 Å². The minimum atomic E-state index is -0.0132. The highest BCUT2D eigenvalue weighted by Gasteiger charge is 2.16. The number of carbonyl (C=O) groups excluding carboxylic acids is 1. The molecule has 1 aliphatic carbocycles. The smallest absolute Gasteiger partial charge is 0.224 e. The van der Waals surface area contributed by atoms with Crippen molar-refractivity contribution in [2.45, 2.75) is 32.6 Å². The van der Waals surface area contributed by atoms with Gasteiger partial charge in [0.1, 0.15) is 17.9 Å². The summed E-state index contributed by atoms with van der Waals surface area (Å²) in [5.74, 6) is 0.806. The van der Waals surface area contributed by atoms with Crippen LogP contribution in [-0.2, 0) is 24.1 Å². The Morgan fingerprint density at radius 1 is 1.15 bits per heavy atom. The number of carbonyl (C=O) groups is 1. The molecule has 0 saturated carbocycles. The Hall–Kier alpha value is -2.75. The molecule has 0 radical (unpaired) electrons. The highest BCUT2D eigenvalue weighted by atomic mass is 16.5. The number of nitrogens with one attached hydrogen (secondary N) is 1. The molecule has 0 spiro atoms. The lowest BCUT2D eigenvalue weighted by atomic mass is 10.0. The molecule has 1 amide bonds. The maximum atomic E-state index is 12.2. The van der Waals surface area contributed by atoms with Gasteiger partial charge in [0.25, 0.3) is 0 Å². The summed E-state index contributed by atoms with van der Waals surface area (Å²) in [6.07, 6.45) is 5.50. The minimum Gasteiger partial charge on any atom is -0.492 e. The first-order valence-corrected chi connectivity index (χ1v) is 9.17. The number of hydrogen-bond acceptors (Lipinski definition) is 3. The first-order valence-electron chi connectivity index (χ1n) is 9.17. The summed E-state index contributed by atoms with van der Waals surface area (Å²) in [7, 11) is 0. The average molecular weight is 349 g/mol. The summed E-state index contributed by atoms with van der Waals surface area (Å²) < 4.78 is 11.3. The van der Waals surface area contributed by atoms with E-state index in [-0.39, 0.29) is 5.91 Å². The summed E-state index contributed by atoms with van der Waals surface area (Å²) in [4.78, 5) is 12.2. The second kappa shape index (κ2) is 7.24. The molecule has 134 valence electrons. The molecule has 0 aliphatic heterocycles. The largest absolute Gasteiger partial charge is 0.492 e. The summed E-state index contributed by atoms with van der Waals surface area (Å²) >= 11 is 0. The lowest BCUT2D eigenvalue weighted by molar-refractivity contribution is -0.120. The van der Waals surface area contributed by atoms with Gasteiger partial charge >= 0.3 is 0 Å². The predicted molar refractivity (Wildman–Crippen MR) is 102 cm³/mol. The lowest BCUT2D eigenvalue weighted by Crippen LogP contribution is -2.29. The second-order valence-electron chi connectivity index (χ2n) is 6.92. The number of furan rings is 1. The molecule has 4 nitrogen and oxygen atoms in total. The van der Waals surface area contributed by atoms with Gasteiger partial charge in [-0.3, -0.25) is 4.79 Å². The van der Waals surface area contributed by atoms with Crippen LogP contribution in [0.15, 0.2) is 47.1 Å². The van der Waals surface area contributed by atoms with Gasteiger partial charge in [0.15, 0.2) is 0 Å². The Kier molecular flexibility index (Phi) is 4.65. The fourth-order valence-electron chi connectivity index (χ4n) is 3.51. The first kappa shape index (κ1) is 16.7. The van der Waals surface area contributed by atoms with E-state index in [2.05, 4.69) is 17.4 Å². The molecule has 1 aliphatic rings. The second-order valence-corrected chi connectivity index (χ2v) is 6.92. The third-order valence-electron chi connectivity index (χ3n) is 4.93. The number of ether oxygens (including phenoxy) is 1. The van der Waals surface area contributed by atoms with Crippen LogP contribution in [0, 0.1) is 6.92 Å². The van der Waals surface area contributed by atoms with Gasteiger partial charge in [0, 0.05) is 10.9 Å². The molecule has 2 aromatic carbocycles. The zero-order chi connectivity index (χ0) is 17.9. The van der Waals surface area contributed by atoms with Gasteiger partial charge in [0.05, 0.1) is 19.2 Å². The van der Waals surface area contributed by atoms with E-state index in [9.17, 15) is 4.79 Å². The average Bonchev–Trinajstić information content (AvgIpc) is 3.25. The van der Waals surface area contributed by atoms with Crippen molar-refractivity contribution in [3.8, 4) is 5.75 Å². The predicted octanol–water partition coefficient (Wildman–Crippen LogP) is 3.97. The fourth-order valence-corrected chi connectivity index (χ4v) is 3.51. The molecule has 0 atom stereocenters. The number of aryl methyl sites for hydroxylation is 3. The first-order chi connectivity index (χ1) is 12.7. The van der Waals surface area contributed by atoms with Crippen LogP contribution in [0.5, 0.6) is 5.75 Å². The van der Waals surface area contributed by atoms with Crippen molar-refractivity contribution < 1.29 is 13.9 Å². The molecule has 0 saturated heterocycles. The van der Waals surface area contributed by atoms with E-state index in [1.165, 1.54) is 23.1 Å². The van der Waals surface area contributed by atoms with Crippen molar-refractivity contribution in [3.05, 3.63) is 64.9 Å². The normalized spacial score (nSPS) is 13.0. The van der Waals surface area contributed by atoms with Crippen LogP contribution in [0.4, 0.5) is 0 Å². The fraction of sp³-hybridized carbons (Fsp3) is 0.318. The highest BCUT2D eigenvalue weighted by molar-refractivity contribution is 5.88. The topological polar surface area (TPSA) is 51.5 Å². The molecule has 1 heterocycles. The quantitative estimate of drug-likeness (QED) is 0.685. The Labute approximate surface area is 153 Å². The number of benzene rings is 2. The lowest BCUT2D eigenvalue weighted by Gasteiger charge is -2.08. The minimum absolute atomic E-state index is 0.0132. The molecule has 0 fully saturated rings. The van der Waals surface area contributed by atoms with E-state index in [1.54, 1.807) is 6.26 Å². The van der Waals surface area contributed by atoms with E-state index >= 15 is 0 Å².